The van der Waals surface area contributed by atoms with Gasteiger partial charge in [0.1, 0.15) is 11.9 Å². The van der Waals surface area contributed by atoms with Crippen molar-refractivity contribution >= 4 is 0 Å². The van der Waals surface area contributed by atoms with Crippen molar-refractivity contribution in [2.45, 2.75) is 25.6 Å². The van der Waals surface area contributed by atoms with Gasteiger partial charge >= 0.3 is 0 Å². The second-order valence-electron chi connectivity index (χ2n) is 4.61. The van der Waals surface area contributed by atoms with E-state index in [0.717, 1.165) is 31.0 Å². The predicted octanol–water partition coefficient (Wildman–Crippen LogP) is 1.61. The highest BCUT2D eigenvalue weighted by Gasteiger charge is 2.22. The first-order valence-corrected chi connectivity index (χ1v) is 6.26. The fraction of sp³-hybridized carbons (Fsp3) is 0.357. The molecular weight excluding hydrogens is 226 g/mol. The van der Waals surface area contributed by atoms with E-state index in [1.54, 1.807) is 0 Å². The Morgan fingerprint density at radius 2 is 2.28 bits per heavy atom. The fourth-order valence-electron chi connectivity index (χ4n) is 2.35. The summed E-state index contributed by atoms with van der Waals surface area (Å²) in [4.78, 5) is 0. The number of para-hydroxylation sites is 1. The SMILES string of the molecule is CNCc1ccn(CC2Cc3ccccc3O2)n1. The number of aromatic nitrogens is 2. The Morgan fingerprint density at radius 3 is 3.11 bits per heavy atom. The van der Waals surface area contributed by atoms with Gasteiger partial charge in [-0.3, -0.25) is 4.68 Å². The van der Waals surface area contributed by atoms with Crippen LogP contribution in [0.5, 0.6) is 5.75 Å². The first-order chi connectivity index (χ1) is 8.85. The second kappa shape index (κ2) is 4.82. The zero-order valence-corrected chi connectivity index (χ0v) is 10.5. The lowest BCUT2D eigenvalue weighted by atomic mass is 10.1. The number of ether oxygens (including phenoxy) is 1. The molecule has 0 amide bonds. The number of rotatable bonds is 4. The fourth-order valence-corrected chi connectivity index (χ4v) is 2.35. The summed E-state index contributed by atoms with van der Waals surface area (Å²) in [6.07, 6.45) is 3.18. The van der Waals surface area contributed by atoms with Crippen molar-refractivity contribution < 1.29 is 4.74 Å². The van der Waals surface area contributed by atoms with Gasteiger partial charge in [-0.25, -0.2) is 0 Å². The van der Waals surface area contributed by atoms with E-state index in [4.69, 9.17) is 4.74 Å². The molecule has 4 heteroatoms. The number of hydrogen-bond donors (Lipinski definition) is 1. The quantitative estimate of drug-likeness (QED) is 0.886. The van der Waals surface area contributed by atoms with Crippen molar-refractivity contribution in [1.29, 1.82) is 0 Å². The topological polar surface area (TPSA) is 39.1 Å². The number of fused-ring (bicyclic) bond motifs is 1. The Bertz CT molecular complexity index is 510. The van der Waals surface area contributed by atoms with Gasteiger partial charge in [-0.2, -0.15) is 5.10 Å². The summed E-state index contributed by atoms with van der Waals surface area (Å²) < 4.78 is 7.87. The van der Waals surface area contributed by atoms with Gasteiger partial charge in [0.05, 0.1) is 12.2 Å². The molecule has 18 heavy (non-hydrogen) atoms. The van der Waals surface area contributed by atoms with E-state index in [1.165, 1.54) is 5.56 Å². The molecule has 1 aromatic heterocycles. The molecule has 1 atom stereocenters. The number of nitrogens with zero attached hydrogens (tertiary/aromatic N) is 2. The van der Waals surface area contributed by atoms with E-state index in [-0.39, 0.29) is 6.10 Å². The molecular formula is C14H17N3O. The second-order valence-corrected chi connectivity index (χ2v) is 4.61. The molecule has 0 bridgehead atoms. The molecule has 1 aromatic carbocycles. The van der Waals surface area contributed by atoms with Gasteiger partial charge in [0, 0.05) is 19.2 Å². The summed E-state index contributed by atoms with van der Waals surface area (Å²) in [5, 5.41) is 7.60. The number of nitrogens with one attached hydrogen (secondary N) is 1. The standard InChI is InChI=1S/C14H17N3O/c1-15-9-12-6-7-17(16-12)10-13-8-11-4-2-3-5-14(11)18-13/h2-7,13,15H,8-10H2,1H3. The highest BCUT2D eigenvalue weighted by Crippen LogP contribution is 2.28. The Morgan fingerprint density at radius 1 is 1.39 bits per heavy atom. The number of hydrogen-bond acceptors (Lipinski definition) is 3. The third-order valence-corrected chi connectivity index (χ3v) is 3.16. The molecule has 1 aliphatic rings. The Labute approximate surface area is 107 Å². The molecule has 1 unspecified atom stereocenters. The summed E-state index contributed by atoms with van der Waals surface area (Å²) in [5.74, 6) is 1.02. The maximum Gasteiger partial charge on any atom is 0.123 e. The Hall–Kier alpha value is -1.81. The highest BCUT2D eigenvalue weighted by atomic mass is 16.5. The zero-order chi connectivity index (χ0) is 12.4. The summed E-state index contributed by atoms with van der Waals surface area (Å²) >= 11 is 0. The van der Waals surface area contributed by atoms with Crippen LogP contribution in [-0.4, -0.2) is 22.9 Å². The molecule has 94 valence electrons. The van der Waals surface area contributed by atoms with Crippen molar-refractivity contribution in [3.63, 3.8) is 0 Å². The highest BCUT2D eigenvalue weighted by molar-refractivity contribution is 5.37. The van der Waals surface area contributed by atoms with Gasteiger partial charge in [0.2, 0.25) is 0 Å². The van der Waals surface area contributed by atoms with Gasteiger partial charge in [-0.05, 0) is 24.7 Å². The predicted molar refractivity (Wildman–Crippen MR) is 69.6 cm³/mol. The first kappa shape index (κ1) is 11.3. The molecule has 0 saturated carbocycles. The van der Waals surface area contributed by atoms with E-state index in [9.17, 15) is 0 Å². The summed E-state index contributed by atoms with van der Waals surface area (Å²) in [5.41, 5.74) is 2.36. The summed E-state index contributed by atoms with van der Waals surface area (Å²) in [6.45, 7) is 1.61. The van der Waals surface area contributed by atoms with E-state index in [2.05, 4.69) is 22.5 Å². The first-order valence-electron chi connectivity index (χ1n) is 6.26. The van der Waals surface area contributed by atoms with Crippen molar-refractivity contribution in [1.82, 2.24) is 15.1 Å². The third kappa shape index (κ3) is 2.24. The van der Waals surface area contributed by atoms with Crippen LogP contribution in [0.3, 0.4) is 0 Å². The number of benzene rings is 1. The largest absolute Gasteiger partial charge is 0.488 e. The minimum atomic E-state index is 0.199. The minimum Gasteiger partial charge on any atom is -0.488 e. The lowest BCUT2D eigenvalue weighted by Gasteiger charge is -2.10. The van der Waals surface area contributed by atoms with E-state index >= 15 is 0 Å². The van der Waals surface area contributed by atoms with Crippen LogP contribution >= 0.6 is 0 Å². The van der Waals surface area contributed by atoms with Crippen molar-refractivity contribution in [3.8, 4) is 5.75 Å². The van der Waals surface area contributed by atoms with Gasteiger partial charge in [-0.15, -0.1) is 0 Å². The molecule has 0 fully saturated rings. The van der Waals surface area contributed by atoms with Crippen LogP contribution in [0.25, 0.3) is 0 Å². The smallest absolute Gasteiger partial charge is 0.123 e. The van der Waals surface area contributed by atoms with E-state index in [1.807, 2.05) is 36.1 Å². The van der Waals surface area contributed by atoms with Crippen LogP contribution in [-0.2, 0) is 19.5 Å². The minimum absolute atomic E-state index is 0.199. The molecule has 4 nitrogen and oxygen atoms in total. The third-order valence-electron chi connectivity index (χ3n) is 3.16. The van der Waals surface area contributed by atoms with Crippen molar-refractivity contribution in [3.05, 3.63) is 47.8 Å². The van der Waals surface area contributed by atoms with Gasteiger partial charge in [-0.1, -0.05) is 18.2 Å². The average Bonchev–Trinajstić information content (AvgIpc) is 2.96. The normalized spacial score (nSPS) is 17.5. The van der Waals surface area contributed by atoms with Crippen LogP contribution in [0.2, 0.25) is 0 Å². The van der Waals surface area contributed by atoms with Crippen LogP contribution in [0.4, 0.5) is 0 Å². The molecule has 1 N–H and O–H groups in total. The van der Waals surface area contributed by atoms with Crippen molar-refractivity contribution in [2.75, 3.05) is 7.05 Å². The molecule has 0 saturated heterocycles. The van der Waals surface area contributed by atoms with Crippen molar-refractivity contribution in [2.24, 2.45) is 0 Å². The Kier molecular flexibility index (Phi) is 3.02. The maximum absolute atomic E-state index is 5.90. The van der Waals surface area contributed by atoms with E-state index in [0.29, 0.717) is 0 Å². The molecule has 2 heterocycles. The van der Waals surface area contributed by atoms with Gasteiger partial charge in [0.15, 0.2) is 0 Å². The van der Waals surface area contributed by atoms with Crippen LogP contribution in [0.15, 0.2) is 36.5 Å². The Balaban J connectivity index is 1.65. The summed E-state index contributed by atoms with van der Waals surface area (Å²) in [7, 11) is 1.93. The molecule has 0 radical (unpaired) electrons. The lowest BCUT2D eigenvalue weighted by molar-refractivity contribution is 0.203. The van der Waals surface area contributed by atoms with Crippen LogP contribution in [0.1, 0.15) is 11.3 Å². The van der Waals surface area contributed by atoms with Gasteiger partial charge in [0.25, 0.3) is 0 Å². The lowest BCUT2D eigenvalue weighted by Crippen LogP contribution is -2.21. The average molecular weight is 243 g/mol. The molecule has 2 aromatic rings. The maximum atomic E-state index is 5.90. The molecule has 0 aliphatic carbocycles. The molecule has 1 aliphatic heterocycles. The van der Waals surface area contributed by atoms with Crippen LogP contribution in [0, 0.1) is 0 Å². The van der Waals surface area contributed by atoms with E-state index < -0.39 is 0 Å². The summed E-state index contributed by atoms with van der Waals surface area (Å²) in [6, 6.07) is 10.3. The van der Waals surface area contributed by atoms with Gasteiger partial charge < -0.3 is 10.1 Å². The molecule has 3 rings (SSSR count). The van der Waals surface area contributed by atoms with Crippen LogP contribution < -0.4 is 10.1 Å². The molecule has 0 spiro atoms. The zero-order valence-electron chi connectivity index (χ0n) is 10.5. The monoisotopic (exact) mass is 243 g/mol.